The molecule has 18 heavy (non-hydrogen) atoms. The van der Waals surface area contributed by atoms with Gasteiger partial charge in [-0.1, -0.05) is 19.9 Å². The third-order valence-electron chi connectivity index (χ3n) is 2.42. The maximum Gasteiger partial charge on any atom is 0.121 e. The van der Waals surface area contributed by atoms with E-state index in [0.29, 0.717) is 18.2 Å². The highest BCUT2D eigenvalue weighted by Crippen LogP contribution is 2.20. The molecule has 5 heteroatoms. The Kier molecular flexibility index (Phi) is 4.15. The van der Waals surface area contributed by atoms with Gasteiger partial charge in [-0.15, -0.1) is 21.5 Å². The molecule has 2 rings (SSSR count). The highest BCUT2D eigenvalue weighted by molar-refractivity contribution is 7.11. The van der Waals surface area contributed by atoms with E-state index in [1.54, 1.807) is 11.3 Å². The van der Waals surface area contributed by atoms with Crippen molar-refractivity contribution in [3.63, 3.8) is 0 Å². The van der Waals surface area contributed by atoms with Gasteiger partial charge >= 0.3 is 0 Å². The summed E-state index contributed by atoms with van der Waals surface area (Å²) < 4.78 is 5.62. The van der Waals surface area contributed by atoms with E-state index in [-0.39, 0.29) is 0 Å². The molecule has 2 aromatic rings. The minimum absolute atomic E-state index is 0.436. The fourth-order valence-electron chi connectivity index (χ4n) is 1.46. The average Bonchev–Trinajstić information content (AvgIpc) is 2.78. The summed E-state index contributed by atoms with van der Waals surface area (Å²) in [6.07, 6.45) is 0.777. The number of nitrogen functional groups attached to an aromatic ring is 1. The molecular formula is C13H17N3OS. The molecule has 1 aromatic heterocycles. The fourth-order valence-corrected chi connectivity index (χ4v) is 2.29. The van der Waals surface area contributed by atoms with Crippen LogP contribution in [-0.4, -0.2) is 16.8 Å². The summed E-state index contributed by atoms with van der Waals surface area (Å²) in [6.45, 7) is 4.83. The Morgan fingerprint density at radius 3 is 2.83 bits per heavy atom. The number of aromatic nitrogens is 2. The normalized spacial score (nSPS) is 10.8. The zero-order chi connectivity index (χ0) is 13.0. The van der Waals surface area contributed by atoms with Crippen molar-refractivity contribution in [2.75, 3.05) is 12.3 Å². The van der Waals surface area contributed by atoms with Crippen LogP contribution in [0.3, 0.4) is 0 Å². The lowest BCUT2D eigenvalue weighted by atomic mass is 10.2. The lowest BCUT2D eigenvalue weighted by Gasteiger charge is -2.04. The van der Waals surface area contributed by atoms with E-state index in [1.807, 2.05) is 24.3 Å². The fraction of sp³-hybridized carbons (Fsp3) is 0.385. The molecule has 4 nitrogen and oxygen atoms in total. The first-order valence-electron chi connectivity index (χ1n) is 5.96. The largest absolute Gasteiger partial charge is 0.493 e. The van der Waals surface area contributed by atoms with Gasteiger partial charge in [-0.2, -0.15) is 0 Å². The van der Waals surface area contributed by atoms with E-state index in [1.165, 1.54) is 0 Å². The zero-order valence-electron chi connectivity index (χ0n) is 10.6. The summed E-state index contributed by atoms with van der Waals surface area (Å²) in [5.41, 5.74) is 6.39. The molecule has 0 atom stereocenters. The summed E-state index contributed by atoms with van der Waals surface area (Å²) in [4.78, 5) is 0. The van der Waals surface area contributed by atoms with Crippen LogP contribution in [0.4, 0.5) is 5.69 Å². The minimum Gasteiger partial charge on any atom is -0.493 e. The maximum atomic E-state index is 5.68. The van der Waals surface area contributed by atoms with Gasteiger partial charge in [0.1, 0.15) is 15.8 Å². The van der Waals surface area contributed by atoms with Crippen molar-refractivity contribution < 1.29 is 4.74 Å². The smallest absolute Gasteiger partial charge is 0.121 e. The van der Waals surface area contributed by atoms with Crippen LogP contribution in [0, 0.1) is 0 Å². The van der Waals surface area contributed by atoms with E-state index in [0.717, 1.165) is 22.2 Å². The van der Waals surface area contributed by atoms with Gasteiger partial charge in [0, 0.05) is 24.1 Å². The van der Waals surface area contributed by atoms with Crippen LogP contribution >= 0.6 is 11.3 Å². The average molecular weight is 263 g/mol. The van der Waals surface area contributed by atoms with Gasteiger partial charge in [0.05, 0.1) is 6.61 Å². The molecule has 0 saturated heterocycles. The Morgan fingerprint density at radius 2 is 2.17 bits per heavy atom. The van der Waals surface area contributed by atoms with E-state index in [4.69, 9.17) is 10.5 Å². The van der Waals surface area contributed by atoms with Gasteiger partial charge in [-0.05, 0) is 12.1 Å². The summed E-state index contributed by atoms with van der Waals surface area (Å²) in [6, 6.07) is 7.44. The first kappa shape index (κ1) is 12.8. The van der Waals surface area contributed by atoms with Gasteiger partial charge in [0.15, 0.2) is 0 Å². The number of ether oxygens (including phenoxy) is 1. The molecule has 0 spiro atoms. The molecule has 0 aliphatic carbocycles. The second-order valence-corrected chi connectivity index (χ2v) is 5.45. The summed E-state index contributed by atoms with van der Waals surface area (Å²) >= 11 is 1.65. The summed E-state index contributed by atoms with van der Waals surface area (Å²) in [7, 11) is 0. The number of anilines is 1. The van der Waals surface area contributed by atoms with Gasteiger partial charge in [-0.25, -0.2) is 0 Å². The molecule has 0 aliphatic rings. The number of rotatable bonds is 5. The first-order valence-corrected chi connectivity index (χ1v) is 6.77. The second kappa shape index (κ2) is 5.82. The summed E-state index contributed by atoms with van der Waals surface area (Å²) in [5, 5.41) is 10.4. The van der Waals surface area contributed by atoms with Crippen LogP contribution in [0.25, 0.3) is 0 Å². The monoisotopic (exact) mass is 263 g/mol. The van der Waals surface area contributed by atoms with E-state index < -0.39 is 0 Å². The van der Waals surface area contributed by atoms with E-state index >= 15 is 0 Å². The molecule has 1 heterocycles. The van der Waals surface area contributed by atoms with Crippen molar-refractivity contribution in [1.82, 2.24) is 10.2 Å². The summed E-state index contributed by atoms with van der Waals surface area (Å²) in [5.74, 6) is 1.23. The SMILES string of the molecule is CC(C)c1nnc(CCOc2cccc(N)c2)s1. The molecular weight excluding hydrogens is 246 g/mol. The highest BCUT2D eigenvalue weighted by Gasteiger charge is 2.07. The molecule has 0 fully saturated rings. The third-order valence-corrected chi connectivity index (χ3v) is 3.70. The van der Waals surface area contributed by atoms with Crippen LogP contribution in [0.5, 0.6) is 5.75 Å². The molecule has 2 N–H and O–H groups in total. The van der Waals surface area contributed by atoms with Crippen LogP contribution in [-0.2, 0) is 6.42 Å². The Hall–Kier alpha value is -1.62. The van der Waals surface area contributed by atoms with Crippen molar-refractivity contribution in [3.05, 3.63) is 34.3 Å². The number of nitrogens with two attached hydrogens (primary N) is 1. The van der Waals surface area contributed by atoms with E-state index in [2.05, 4.69) is 24.0 Å². The molecule has 0 bridgehead atoms. The Labute approximate surface area is 111 Å². The van der Waals surface area contributed by atoms with Crippen LogP contribution in [0.1, 0.15) is 29.8 Å². The highest BCUT2D eigenvalue weighted by atomic mass is 32.1. The van der Waals surface area contributed by atoms with Crippen molar-refractivity contribution in [1.29, 1.82) is 0 Å². The van der Waals surface area contributed by atoms with Crippen molar-refractivity contribution >= 4 is 17.0 Å². The first-order chi connectivity index (χ1) is 8.65. The van der Waals surface area contributed by atoms with Crippen molar-refractivity contribution in [2.24, 2.45) is 0 Å². The van der Waals surface area contributed by atoms with Gasteiger partial charge in [0.2, 0.25) is 0 Å². The maximum absolute atomic E-state index is 5.68. The number of hydrogen-bond acceptors (Lipinski definition) is 5. The van der Waals surface area contributed by atoms with Crippen molar-refractivity contribution in [2.45, 2.75) is 26.2 Å². The Bertz CT molecular complexity index is 510. The van der Waals surface area contributed by atoms with Crippen LogP contribution in [0.2, 0.25) is 0 Å². The molecule has 0 aliphatic heterocycles. The van der Waals surface area contributed by atoms with Crippen molar-refractivity contribution in [3.8, 4) is 5.75 Å². The topological polar surface area (TPSA) is 61.0 Å². The molecule has 0 saturated carbocycles. The Morgan fingerprint density at radius 1 is 1.33 bits per heavy atom. The lowest BCUT2D eigenvalue weighted by molar-refractivity contribution is 0.321. The Balaban J connectivity index is 1.84. The number of benzene rings is 1. The van der Waals surface area contributed by atoms with Gasteiger partial charge < -0.3 is 10.5 Å². The standard InChI is InChI=1S/C13H17N3OS/c1-9(2)13-16-15-12(18-13)6-7-17-11-5-3-4-10(14)8-11/h3-5,8-9H,6-7,14H2,1-2H3. The van der Waals surface area contributed by atoms with Gasteiger partial charge in [0.25, 0.3) is 0 Å². The quantitative estimate of drug-likeness (QED) is 0.843. The second-order valence-electron chi connectivity index (χ2n) is 4.36. The molecule has 1 aromatic carbocycles. The van der Waals surface area contributed by atoms with Crippen LogP contribution < -0.4 is 10.5 Å². The minimum atomic E-state index is 0.436. The molecule has 0 unspecified atom stereocenters. The molecule has 96 valence electrons. The number of nitrogens with zero attached hydrogens (tertiary/aromatic N) is 2. The predicted octanol–water partition coefficient (Wildman–Crippen LogP) is 2.87. The molecule has 0 radical (unpaired) electrons. The zero-order valence-corrected chi connectivity index (χ0v) is 11.4. The van der Waals surface area contributed by atoms with Crippen LogP contribution in [0.15, 0.2) is 24.3 Å². The predicted molar refractivity (Wildman–Crippen MR) is 74.1 cm³/mol. The van der Waals surface area contributed by atoms with E-state index in [9.17, 15) is 0 Å². The van der Waals surface area contributed by atoms with Gasteiger partial charge in [-0.3, -0.25) is 0 Å². The molecule has 0 amide bonds. The number of hydrogen-bond donors (Lipinski definition) is 1. The third kappa shape index (κ3) is 3.43. The lowest BCUT2D eigenvalue weighted by Crippen LogP contribution is -2.01.